The number of aliphatic hydroxyl groups excluding tert-OH is 2. The highest BCUT2D eigenvalue weighted by Gasteiger charge is 2.48. The molecule has 2 aromatic heterocycles. The number of carbonyl (C=O) groups is 3. The number of imidazole rings is 1. The summed E-state index contributed by atoms with van der Waals surface area (Å²) in [5, 5.41) is 24.5. The zero-order valence-electron chi connectivity index (χ0n) is 24.9. The van der Waals surface area contributed by atoms with Crippen molar-refractivity contribution in [2.24, 2.45) is 0 Å². The number of amides is 3. The number of ether oxygens (including phenoxy) is 1. The normalized spacial score (nSPS) is 24.7. The van der Waals surface area contributed by atoms with E-state index in [0.29, 0.717) is 51.1 Å². The van der Waals surface area contributed by atoms with Crippen LogP contribution < -0.4 is 11.1 Å². The van der Waals surface area contributed by atoms with Gasteiger partial charge in [0.15, 0.2) is 23.8 Å². The van der Waals surface area contributed by atoms with E-state index in [-0.39, 0.29) is 23.3 Å². The van der Waals surface area contributed by atoms with Gasteiger partial charge in [-0.2, -0.15) is 0 Å². The molecule has 0 bridgehead atoms. The molecule has 5 atom stereocenters. The molecule has 0 saturated carbocycles. The molecule has 3 amide bonds. The number of nitrogens with zero attached hydrogens (tertiary/aromatic N) is 7. The Bertz CT molecular complexity index is 1510. The van der Waals surface area contributed by atoms with Gasteiger partial charge in [0.25, 0.3) is 5.91 Å². The number of aromatic nitrogens is 4. The molecule has 1 aromatic carbocycles. The predicted octanol–water partition coefficient (Wildman–Crippen LogP) is -1.09. The standard InChI is InChI=1S/C30H39N9O6/c31-26-22-27(33-17-32-26)39(18-34-22)30-24(42)23(41)25(45-30)28(43)35-20(9-8-19-6-2-1-3-7-19)29(44)38-14-12-36(13-15-38)16-21(40)37-10-4-5-11-37/h1-3,6-7,17-18,20,23-25,30,41-42H,4-5,8-16H2,(H,35,43)(H2,31,32,33)/t20-,23-,24+,25-,30+/m0/s1. The average molecular weight is 622 g/mol. The molecule has 0 spiro atoms. The highest BCUT2D eigenvalue weighted by molar-refractivity contribution is 5.90. The van der Waals surface area contributed by atoms with Crippen LogP contribution in [0.15, 0.2) is 43.0 Å². The van der Waals surface area contributed by atoms with E-state index in [1.54, 1.807) is 4.90 Å². The number of nitrogens with one attached hydrogen (secondary N) is 1. The van der Waals surface area contributed by atoms with Gasteiger partial charge in [-0.25, -0.2) is 15.0 Å². The van der Waals surface area contributed by atoms with Crippen LogP contribution in [0.4, 0.5) is 5.82 Å². The van der Waals surface area contributed by atoms with Gasteiger partial charge in [0.05, 0.1) is 12.9 Å². The minimum Gasteiger partial charge on any atom is -0.387 e. The molecular formula is C30H39N9O6. The van der Waals surface area contributed by atoms with Crippen LogP contribution in [-0.4, -0.2) is 132 Å². The molecule has 5 heterocycles. The van der Waals surface area contributed by atoms with Gasteiger partial charge in [-0.15, -0.1) is 0 Å². The fraction of sp³-hybridized carbons (Fsp3) is 0.533. The van der Waals surface area contributed by atoms with Gasteiger partial charge in [-0.1, -0.05) is 30.3 Å². The Kier molecular flexibility index (Phi) is 9.21. The number of rotatable bonds is 9. The number of carbonyl (C=O) groups excluding carboxylic acids is 3. The highest BCUT2D eigenvalue weighted by Crippen LogP contribution is 2.32. The van der Waals surface area contributed by atoms with Gasteiger partial charge in [-0.05, 0) is 31.2 Å². The number of benzene rings is 1. The third-order valence-corrected chi connectivity index (χ3v) is 8.84. The summed E-state index contributed by atoms with van der Waals surface area (Å²) in [6.45, 7) is 3.89. The Morgan fingerprint density at radius 1 is 0.956 bits per heavy atom. The summed E-state index contributed by atoms with van der Waals surface area (Å²) >= 11 is 0. The molecule has 3 aliphatic heterocycles. The van der Waals surface area contributed by atoms with Crippen LogP contribution in [0.1, 0.15) is 31.1 Å². The maximum absolute atomic E-state index is 13.8. The lowest BCUT2D eigenvalue weighted by atomic mass is 10.0. The molecule has 5 N–H and O–H groups in total. The van der Waals surface area contributed by atoms with Crippen molar-refractivity contribution >= 4 is 34.7 Å². The summed E-state index contributed by atoms with van der Waals surface area (Å²) in [7, 11) is 0. The van der Waals surface area contributed by atoms with E-state index in [9.17, 15) is 24.6 Å². The van der Waals surface area contributed by atoms with Crippen molar-refractivity contribution in [3.05, 3.63) is 48.5 Å². The fourth-order valence-corrected chi connectivity index (χ4v) is 6.23. The first-order chi connectivity index (χ1) is 21.8. The van der Waals surface area contributed by atoms with Crippen LogP contribution in [0.25, 0.3) is 11.2 Å². The summed E-state index contributed by atoms with van der Waals surface area (Å²) in [6, 6.07) is 8.74. The van der Waals surface area contributed by atoms with Gasteiger partial charge in [0.2, 0.25) is 11.8 Å². The lowest BCUT2D eigenvalue weighted by Crippen LogP contribution is -2.57. The highest BCUT2D eigenvalue weighted by atomic mass is 16.6. The Morgan fingerprint density at radius 2 is 1.69 bits per heavy atom. The van der Waals surface area contributed by atoms with Crippen LogP contribution in [0.3, 0.4) is 0 Å². The van der Waals surface area contributed by atoms with Crippen molar-refractivity contribution in [2.75, 3.05) is 51.5 Å². The second-order valence-electron chi connectivity index (χ2n) is 11.8. The Hall–Kier alpha value is -4.18. The van der Waals surface area contributed by atoms with E-state index in [1.807, 2.05) is 35.2 Å². The van der Waals surface area contributed by atoms with Gasteiger partial charge in [0.1, 0.15) is 30.1 Å². The summed E-state index contributed by atoms with van der Waals surface area (Å²) in [4.78, 5) is 57.9. The first kappa shape index (κ1) is 30.8. The second-order valence-corrected chi connectivity index (χ2v) is 11.8. The van der Waals surface area contributed by atoms with E-state index < -0.39 is 36.5 Å². The lowest BCUT2D eigenvalue weighted by Gasteiger charge is -2.37. The molecule has 15 nitrogen and oxygen atoms in total. The largest absolute Gasteiger partial charge is 0.387 e. The van der Waals surface area contributed by atoms with Crippen molar-refractivity contribution in [3.63, 3.8) is 0 Å². The van der Waals surface area contributed by atoms with Crippen LogP contribution in [-0.2, 0) is 25.5 Å². The molecule has 15 heteroatoms. The van der Waals surface area contributed by atoms with Crippen LogP contribution >= 0.6 is 0 Å². The SMILES string of the molecule is Nc1ncnc2c1ncn2[C@@H]1O[C@H](C(=O)N[C@@H](CCc2ccccc2)C(=O)N2CCN(CC(=O)N3CCCC3)CC2)[C@@H](O)[C@H]1O. The molecule has 240 valence electrons. The predicted molar refractivity (Wildman–Crippen MR) is 161 cm³/mol. The fourth-order valence-electron chi connectivity index (χ4n) is 6.23. The molecule has 3 fully saturated rings. The quantitative estimate of drug-likeness (QED) is 0.227. The average Bonchev–Trinajstić information content (AvgIpc) is 3.81. The number of fused-ring (bicyclic) bond motifs is 1. The molecule has 3 saturated heterocycles. The molecule has 45 heavy (non-hydrogen) atoms. The first-order valence-electron chi connectivity index (χ1n) is 15.4. The van der Waals surface area contributed by atoms with E-state index in [0.717, 1.165) is 31.5 Å². The minimum absolute atomic E-state index is 0.121. The van der Waals surface area contributed by atoms with Gasteiger partial charge in [-0.3, -0.25) is 23.9 Å². The number of aryl methyl sites for hydroxylation is 1. The summed E-state index contributed by atoms with van der Waals surface area (Å²) in [6.07, 6.45) is -0.172. The van der Waals surface area contributed by atoms with Crippen LogP contribution in [0.5, 0.6) is 0 Å². The van der Waals surface area contributed by atoms with E-state index >= 15 is 0 Å². The number of nitrogen functional groups attached to an aromatic ring is 1. The Balaban J connectivity index is 1.12. The van der Waals surface area contributed by atoms with Crippen molar-refractivity contribution in [3.8, 4) is 0 Å². The number of piperazine rings is 1. The molecule has 0 unspecified atom stereocenters. The second kappa shape index (κ2) is 13.4. The van der Waals surface area contributed by atoms with Gasteiger partial charge in [0, 0.05) is 39.3 Å². The summed E-state index contributed by atoms with van der Waals surface area (Å²) in [5.41, 5.74) is 7.46. The zero-order chi connectivity index (χ0) is 31.5. The van der Waals surface area contributed by atoms with Crippen LogP contribution in [0, 0.1) is 0 Å². The third-order valence-electron chi connectivity index (χ3n) is 8.84. The Morgan fingerprint density at radius 3 is 2.42 bits per heavy atom. The number of nitrogens with two attached hydrogens (primary N) is 1. The number of hydrogen-bond acceptors (Lipinski definition) is 11. The smallest absolute Gasteiger partial charge is 0.252 e. The monoisotopic (exact) mass is 621 g/mol. The van der Waals surface area contributed by atoms with Crippen molar-refractivity contribution in [2.45, 2.75) is 56.3 Å². The van der Waals surface area contributed by atoms with Crippen molar-refractivity contribution < 1.29 is 29.3 Å². The van der Waals surface area contributed by atoms with E-state index in [2.05, 4.69) is 25.2 Å². The topological polar surface area (TPSA) is 192 Å². The zero-order valence-corrected chi connectivity index (χ0v) is 24.9. The third kappa shape index (κ3) is 6.61. The van der Waals surface area contributed by atoms with Gasteiger partial charge < -0.3 is 35.8 Å². The summed E-state index contributed by atoms with van der Waals surface area (Å²) in [5.74, 6) is -0.707. The molecule has 3 aliphatic rings. The number of hydrogen-bond donors (Lipinski definition) is 4. The number of anilines is 1. The Labute approximate surface area is 260 Å². The van der Waals surface area contributed by atoms with Crippen molar-refractivity contribution in [1.29, 1.82) is 0 Å². The molecule has 0 aliphatic carbocycles. The lowest BCUT2D eigenvalue weighted by molar-refractivity contribution is -0.144. The molecule has 0 radical (unpaired) electrons. The van der Waals surface area contributed by atoms with Crippen LogP contribution in [0.2, 0.25) is 0 Å². The van der Waals surface area contributed by atoms with Crippen molar-refractivity contribution in [1.82, 2.24) is 39.5 Å². The molecule has 6 rings (SSSR count). The maximum atomic E-state index is 13.8. The van der Waals surface area contributed by atoms with E-state index in [1.165, 1.54) is 17.2 Å². The number of likely N-dealkylation sites (tertiary alicyclic amines) is 1. The number of aliphatic hydroxyl groups is 2. The first-order valence-corrected chi connectivity index (χ1v) is 15.4. The maximum Gasteiger partial charge on any atom is 0.252 e. The van der Waals surface area contributed by atoms with E-state index in [4.69, 9.17) is 10.5 Å². The summed E-state index contributed by atoms with van der Waals surface area (Å²) < 4.78 is 7.25. The molecule has 3 aromatic rings. The molecular weight excluding hydrogens is 582 g/mol. The minimum atomic E-state index is -1.58. The van der Waals surface area contributed by atoms with Gasteiger partial charge >= 0.3 is 0 Å².